The molecule has 0 spiro atoms. The van der Waals surface area contributed by atoms with Crippen molar-refractivity contribution < 1.29 is 14.0 Å². The lowest BCUT2D eigenvalue weighted by Crippen LogP contribution is -2.34. The van der Waals surface area contributed by atoms with E-state index in [0.717, 1.165) is 16.0 Å². The standard InChI is InChI=1S/C15H15FN2O2S/c1-9-7-12(15(20)18(2)8-13(17)19)21-14(9)10-3-5-11(16)6-4-10/h3-7H,8H2,1-2H3,(H2,17,19). The molecule has 21 heavy (non-hydrogen) atoms. The summed E-state index contributed by atoms with van der Waals surface area (Å²) in [6.07, 6.45) is 0. The number of rotatable bonds is 4. The number of likely N-dealkylation sites (N-methyl/N-ethyl adjacent to an activating group) is 1. The average molecular weight is 306 g/mol. The molecule has 2 rings (SSSR count). The van der Waals surface area contributed by atoms with Crippen LogP contribution in [0, 0.1) is 12.7 Å². The molecule has 0 radical (unpaired) electrons. The van der Waals surface area contributed by atoms with Crippen LogP contribution in [0.5, 0.6) is 0 Å². The number of aryl methyl sites for hydroxylation is 1. The highest BCUT2D eigenvalue weighted by atomic mass is 32.1. The molecule has 0 bridgehead atoms. The SMILES string of the molecule is Cc1cc(C(=O)N(C)CC(N)=O)sc1-c1ccc(F)cc1. The third-order valence-corrected chi connectivity index (χ3v) is 4.25. The molecule has 0 aliphatic carbocycles. The van der Waals surface area contributed by atoms with Crippen molar-refractivity contribution in [3.8, 4) is 10.4 Å². The number of amides is 2. The lowest BCUT2D eigenvalue weighted by atomic mass is 10.1. The molecule has 0 fully saturated rings. The van der Waals surface area contributed by atoms with E-state index in [9.17, 15) is 14.0 Å². The van der Waals surface area contributed by atoms with E-state index in [1.165, 1.54) is 35.4 Å². The Labute approximate surface area is 126 Å². The fourth-order valence-electron chi connectivity index (χ4n) is 1.97. The van der Waals surface area contributed by atoms with Crippen LogP contribution in [-0.4, -0.2) is 30.3 Å². The van der Waals surface area contributed by atoms with Crippen LogP contribution in [0.15, 0.2) is 30.3 Å². The summed E-state index contributed by atoms with van der Waals surface area (Å²) in [5.41, 5.74) is 6.87. The quantitative estimate of drug-likeness (QED) is 0.943. The van der Waals surface area contributed by atoms with Gasteiger partial charge < -0.3 is 10.6 Å². The van der Waals surface area contributed by atoms with Gasteiger partial charge in [0.2, 0.25) is 5.91 Å². The molecule has 0 atom stereocenters. The molecule has 0 saturated carbocycles. The van der Waals surface area contributed by atoms with E-state index < -0.39 is 5.91 Å². The fourth-order valence-corrected chi connectivity index (χ4v) is 3.14. The molecule has 1 heterocycles. The molecule has 2 N–H and O–H groups in total. The third kappa shape index (κ3) is 3.46. The Hall–Kier alpha value is -2.21. The van der Waals surface area contributed by atoms with Gasteiger partial charge in [0, 0.05) is 11.9 Å². The van der Waals surface area contributed by atoms with Crippen LogP contribution in [0.4, 0.5) is 4.39 Å². The molecule has 2 amide bonds. The number of nitrogens with zero attached hydrogens (tertiary/aromatic N) is 1. The second-order valence-electron chi connectivity index (χ2n) is 4.76. The van der Waals surface area contributed by atoms with Crippen LogP contribution in [-0.2, 0) is 4.79 Å². The normalized spacial score (nSPS) is 10.4. The van der Waals surface area contributed by atoms with Gasteiger partial charge in [-0.2, -0.15) is 0 Å². The second-order valence-corrected chi connectivity index (χ2v) is 5.81. The van der Waals surface area contributed by atoms with Crippen molar-refractivity contribution in [2.24, 2.45) is 5.73 Å². The van der Waals surface area contributed by atoms with E-state index in [4.69, 9.17) is 5.73 Å². The summed E-state index contributed by atoms with van der Waals surface area (Å²) in [5, 5.41) is 0. The molecule has 110 valence electrons. The summed E-state index contributed by atoms with van der Waals surface area (Å²) in [4.78, 5) is 25.8. The number of hydrogen-bond acceptors (Lipinski definition) is 3. The van der Waals surface area contributed by atoms with E-state index in [1.54, 1.807) is 18.2 Å². The minimum absolute atomic E-state index is 0.123. The van der Waals surface area contributed by atoms with E-state index in [0.29, 0.717) is 4.88 Å². The van der Waals surface area contributed by atoms with Crippen LogP contribution >= 0.6 is 11.3 Å². The molecule has 0 unspecified atom stereocenters. The van der Waals surface area contributed by atoms with Gasteiger partial charge in [-0.25, -0.2) is 4.39 Å². The molecule has 1 aromatic carbocycles. The van der Waals surface area contributed by atoms with Crippen molar-refractivity contribution in [2.45, 2.75) is 6.92 Å². The topological polar surface area (TPSA) is 63.4 Å². The molecular weight excluding hydrogens is 291 g/mol. The molecule has 6 heteroatoms. The van der Waals surface area contributed by atoms with E-state index in [2.05, 4.69) is 0 Å². The summed E-state index contributed by atoms with van der Waals surface area (Å²) in [6.45, 7) is 1.77. The Bertz CT molecular complexity index is 679. The van der Waals surface area contributed by atoms with Gasteiger partial charge in [-0.1, -0.05) is 12.1 Å². The Kier molecular flexibility index (Phi) is 4.37. The molecule has 0 saturated heterocycles. The number of carbonyl (C=O) groups is 2. The molecule has 2 aromatic rings. The average Bonchev–Trinajstić information content (AvgIpc) is 2.80. The molecule has 0 aliphatic heterocycles. The predicted molar refractivity (Wildman–Crippen MR) is 80.6 cm³/mol. The number of hydrogen-bond donors (Lipinski definition) is 1. The first kappa shape index (κ1) is 15.2. The summed E-state index contributed by atoms with van der Waals surface area (Å²) < 4.78 is 13.0. The number of primary amides is 1. The third-order valence-electron chi connectivity index (χ3n) is 2.97. The maximum atomic E-state index is 13.0. The van der Waals surface area contributed by atoms with Crippen LogP contribution in [0.2, 0.25) is 0 Å². The maximum absolute atomic E-state index is 13.0. The monoisotopic (exact) mass is 306 g/mol. The first-order valence-electron chi connectivity index (χ1n) is 6.28. The van der Waals surface area contributed by atoms with Gasteiger partial charge in [-0.15, -0.1) is 11.3 Å². The number of thiophene rings is 1. The number of benzene rings is 1. The Morgan fingerprint density at radius 3 is 2.48 bits per heavy atom. The van der Waals surface area contributed by atoms with Crippen molar-refractivity contribution in [2.75, 3.05) is 13.6 Å². The molecule has 1 aromatic heterocycles. The van der Waals surface area contributed by atoms with Gasteiger partial charge in [-0.05, 0) is 36.2 Å². The zero-order valence-electron chi connectivity index (χ0n) is 11.7. The smallest absolute Gasteiger partial charge is 0.264 e. The van der Waals surface area contributed by atoms with Gasteiger partial charge >= 0.3 is 0 Å². The largest absolute Gasteiger partial charge is 0.368 e. The number of halogens is 1. The molecule has 4 nitrogen and oxygen atoms in total. The summed E-state index contributed by atoms with van der Waals surface area (Å²) in [6, 6.07) is 7.89. The minimum Gasteiger partial charge on any atom is -0.368 e. The highest BCUT2D eigenvalue weighted by Crippen LogP contribution is 2.32. The zero-order chi connectivity index (χ0) is 15.6. The van der Waals surface area contributed by atoms with Crippen molar-refractivity contribution in [1.82, 2.24) is 4.90 Å². The van der Waals surface area contributed by atoms with Crippen LogP contribution in [0.25, 0.3) is 10.4 Å². The van der Waals surface area contributed by atoms with Crippen LogP contribution in [0.3, 0.4) is 0 Å². The van der Waals surface area contributed by atoms with Gasteiger partial charge in [0.05, 0.1) is 11.4 Å². The number of carbonyl (C=O) groups excluding carboxylic acids is 2. The Morgan fingerprint density at radius 2 is 1.90 bits per heavy atom. The van der Waals surface area contributed by atoms with Gasteiger partial charge in [0.1, 0.15) is 5.82 Å². The molecule has 0 aliphatic rings. The second kappa shape index (κ2) is 6.05. The van der Waals surface area contributed by atoms with Crippen molar-refractivity contribution in [3.05, 3.63) is 46.6 Å². The lowest BCUT2D eigenvalue weighted by molar-refractivity contribution is -0.118. The first-order valence-corrected chi connectivity index (χ1v) is 7.10. The lowest BCUT2D eigenvalue weighted by Gasteiger charge is -2.13. The summed E-state index contributed by atoms with van der Waals surface area (Å²) in [5.74, 6) is -1.11. The van der Waals surface area contributed by atoms with Crippen LogP contribution < -0.4 is 5.73 Å². The van der Waals surface area contributed by atoms with Gasteiger partial charge in [-0.3, -0.25) is 9.59 Å². The molecular formula is C15H15FN2O2S. The Balaban J connectivity index is 2.28. The summed E-state index contributed by atoms with van der Waals surface area (Å²) in [7, 11) is 1.53. The van der Waals surface area contributed by atoms with Gasteiger partial charge in [0.15, 0.2) is 0 Å². The van der Waals surface area contributed by atoms with Crippen molar-refractivity contribution >= 4 is 23.2 Å². The maximum Gasteiger partial charge on any atom is 0.264 e. The highest BCUT2D eigenvalue weighted by Gasteiger charge is 2.18. The van der Waals surface area contributed by atoms with E-state index in [1.807, 2.05) is 6.92 Å². The van der Waals surface area contributed by atoms with E-state index in [-0.39, 0.29) is 18.3 Å². The predicted octanol–water partition coefficient (Wildman–Crippen LogP) is 2.42. The van der Waals surface area contributed by atoms with Crippen molar-refractivity contribution in [1.29, 1.82) is 0 Å². The summed E-state index contributed by atoms with van der Waals surface area (Å²) >= 11 is 1.32. The van der Waals surface area contributed by atoms with Gasteiger partial charge in [0.25, 0.3) is 5.91 Å². The highest BCUT2D eigenvalue weighted by molar-refractivity contribution is 7.17. The minimum atomic E-state index is -0.558. The fraction of sp³-hybridized carbons (Fsp3) is 0.200. The zero-order valence-corrected chi connectivity index (χ0v) is 12.5. The van der Waals surface area contributed by atoms with Crippen molar-refractivity contribution in [3.63, 3.8) is 0 Å². The van der Waals surface area contributed by atoms with Crippen LogP contribution in [0.1, 0.15) is 15.2 Å². The first-order chi connectivity index (χ1) is 9.88. The van der Waals surface area contributed by atoms with E-state index >= 15 is 0 Å². The Morgan fingerprint density at radius 1 is 1.29 bits per heavy atom. The number of nitrogens with two attached hydrogens (primary N) is 1.